The molecule has 2 aromatic rings. The Morgan fingerprint density at radius 2 is 1.88 bits per heavy atom. The number of nitrogens with zero attached hydrogens (tertiary/aromatic N) is 2. The van der Waals surface area contributed by atoms with Crippen LogP contribution in [-0.2, 0) is 0 Å². The number of hydrogen-bond acceptors (Lipinski definition) is 2. The molecule has 0 saturated heterocycles. The standard InChI is InChI=1S/C12H10FN3/c13-10-6-4-9(5-7-10)12(14)16-11-3-1-2-8-15-11/h1-8H,(H2,14,15,16). The quantitative estimate of drug-likeness (QED) is 0.617. The fraction of sp³-hybridized carbons (Fsp3) is 0. The van der Waals surface area contributed by atoms with Crippen LogP contribution in [0.1, 0.15) is 5.56 Å². The van der Waals surface area contributed by atoms with Crippen LogP contribution in [0.5, 0.6) is 0 Å². The van der Waals surface area contributed by atoms with E-state index in [-0.39, 0.29) is 5.82 Å². The molecule has 0 aliphatic carbocycles. The Bertz CT molecular complexity index is 491. The molecule has 3 nitrogen and oxygen atoms in total. The number of amidine groups is 1. The first-order chi connectivity index (χ1) is 7.75. The molecule has 16 heavy (non-hydrogen) atoms. The van der Waals surface area contributed by atoms with Crippen LogP contribution < -0.4 is 5.73 Å². The Kier molecular flexibility index (Phi) is 2.91. The van der Waals surface area contributed by atoms with Crippen molar-refractivity contribution in [3.05, 3.63) is 60.0 Å². The van der Waals surface area contributed by atoms with Crippen LogP contribution in [0, 0.1) is 5.82 Å². The van der Waals surface area contributed by atoms with Crippen molar-refractivity contribution in [2.45, 2.75) is 0 Å². The normalized spacial score (nSPS) is 11.4. The van der Waals surface area contributed by atoms with Crippen LogP contribution in [0.4, 0.5) is 10.2 Å². The van der Waals surface area contributed by atoms with E-state index in [0.717, 1.165) is 0 Å². The van der Waals surface area contributed by atoms with Gasteiger partial charge in [-0.1, -0.05) is 6.07 Å². The molecular weight excluding hydrogens is 205 g/mol. The summed E-state index contributed by atoms with van der Waals surface area (Å²) in [6, 6.07) is 11.2. The minimum absolute atomic E-state index is 0.297. The van der Waals surface area contributed by atoms with Gasteiger partial charge in [-0.25, -0.2) is 14.4 Å². The molecule has 0 radical (unpaired) electrons. The molecule has 0 spiro atoms. The van der Waals surface area contributed by atoms with Gasteiger partial charge in [0, 0.05) is 11.8 Å². The lowest BCUT2D eigenvalue weighted by Crippen LogP contribution is -2.12. The van der Waals surface area contributed by atoms with Gasteiger partial charge in [0.2, 0.25) is 0 Å². The largest absolute Gasteiger partial charge is 0.383 e. The first-order valence-corrected chi connectivity index (χ1v) is 4.77. The molecule has 0 aliphatic heterocycles. The molecule has 2 rings (SSSR count). The van der Waals surface area contributed by atoms with E-state index >= 15 is 0 Å². The monoisotopic (exact) mass is 215 g/mol. The summed E-state index contributed by atoms with van der Waals surface area (Å²) in [4.78, 5) is 8.14. The van der Waals surface area contributed by atoms with Crippen molar-refractivity contribution in [3.8, 4) is 0 Å². The number of benzene rings is 1. The highest BCUT2D eigenvalue weighted by atomic mass is 19.1. The Morgan fingerprint density at radius 3 is 2.50 bits per heavy atom. The number of pyridine rings is 1. The highest BCUT2D eigenvalue weighted by Gasteiger charge is 1.99. The molecule has 1 aromatic heterocycles. The number of hydrogen-bond donors (Lipinski definition) is 1. The Morgan fingerprint density at radius 1 is 1.12 bits per heavy atom. The topological polar surface area (TPSA) is 51.3 Å². The molecule has 0 unspecified atom stereocenters. The fourth-order valence-corrected chi connectivity index (χ4v) is 1.23. The lowest BCUT2D eigenvalue weighted by Gasteiger charge is -2.00. The van der Waals surface area contributed by atoms with E-state index in [0.29, 0.717) is 17.2 Å². The lowest BCUT2D eigenvalue weighted by molar-refractivity contribution is 0.628. The minimum Gasteiger partial charge on any atom is -0.383 e. The maximum Gasteiger partial charge on any atom is 0.154 e. The zero-order chi connectivity index (χ0) is 11.4. The van der Waals surface area contributed by atoms with E-state index in [4.69, 9.17) is 5.73 Å². The molecule has 80 valence electrons. The summed E-state index contributed by atoms with van der Waals surface area (Å²) in [6.07, 6.45) is 1.64. The molecule has 0 fully saturated rings. The van der Waals surface area contributed by atoms with Gasteiger partial charge in [-0.15, -0.1) is 0 Å². The summed E-state index contributed by atoms with van der Waals surface area (Å²) < 4.78 is 12.7. The number of rotatable bonds is 2. The predicted molar refractivity (Wildman–Crippen MR) is 61.0 cm³/mol. The average molecular weight is 215 g/mol. The van der Waals surface area contributed by atoms with Gasteiger partial charge >= 0.3 is 0 Å². The fourth-order valence-electron chi connectivity index (χ4n) is 1.23. The molecule has 0 atom stereocenters. The van der Waals surface area contributed by atoms with E-state index in [9.17, 15) is 4.39 Å². The third-order valence-corrected chi connectivity index (χ3v) is 2.02. The van der Waals surface area contributed by atoms with E-state index in [2.05, 4.69) is 9.98 Å². The first-order valence-electron chi connectivity index (χ1n) is 4.77. The van der Waals surface area contributed by atoms with Gasteiger partial charge in [-0.05, 0) is 36.4 Å². The van der Waals surface area contributed by atoms with E-state index < -0.39 is 0 Å². The zero-order valence-corrected chi connectivity index (χ0v) is 8.47. The van der Waals surface area contributed by atoms with Gasteiger partial charge in [0.15, 0.2) is 5.82 Å². The van der Waals surface area contributed by atoms with Crippen LogP contribution in [-0.4, -0.2) is 10.8 Å². The first kappa shape index (κ1) is 10.3. The molecule has 1 heterocycles. The second-order valence-electron chi connectivity index (χ2n) is 3.19. The lowest BCUT2D eigenvalue weighted by atomic mass is 10.2. The predicted octanol–water partition coefficient (Wildman–Crippen LogP) is 2.26. The molecule has 0 aliphatic rings. The van der Waals surface area contributed by atoms with Crippen molar-refractivity contribution in [1.82, 2.24) is 4.98 Å². The van der Waals surface area contributed by atoms with Crippen molar-refractivity contribution < 1.29 is 4.39 Å². The zero-order valence-electron chi connectivity index (χ0n) is 8.47. The van der Waals surface area contributed by atoms with Crippen LogP contribution in [0.15, 0.2) is 53.7 Å². The van der Waals surface area contributed by atoms with Crippen molar-refractivity contribution in [2.75, 3.05) is 0 Å². The SMILES string of the molecule is N/C(=N\c1ccccn1)c1ccc(F)cc1. The minimum atomic E-state index is -0.297. The molecule has 4 heteroatoms. The summed E-state index contributed by atoms with van der Waals surface area (Å²) in [6.45, 7) is 0. The summed E-state index contributed by atoms with van der Waals surface area (Å²) in [5.41, 5.74) is 6.44. The van der Waals surface area contributed by atoms with Gasteiger partial charge in [-0.3, -0.25) is 0 Å². The number of aromatic nitrogens is 1. The maximum atomic E-state index is 12.7. The van der Waals surface area contributed by atoms with Gasteiger partial charge in [-0.2, -0.15) is 0 Å². The summed E-state index contributed by atoms with van der Waals surface area (Å²) in [5.74, 6) is 0.553. The molecule has 2 N–H and O–H groups in total. The molecule has 1 aromatic carbocycles. The van der Waals surface area contributed by atoms with Crippen LogP contribution in [0.2, 0.25) is 0 Å². The molecule has 0 saturated carbocycles. The van der Waals surface area contributed by atoms with Crippen molar-refractivity contribution in [2.24, 2.45) is 10.7 Å². The number of aliphatic imine (C=N–C) groups is 1. The average Bonchev–Trinajstić information content (AvgIpc) is 2.31. The second-order valence-corrected chi connectivity index (χ2v) is 3.19. The summed E-state index contributed by atoms with van der Waals surface area (Å²) >= 11 is 0. The maximum absolute atomic E-state index is 12.7. The van der Waals surface area contributed by atoms with Crippen LogP contribution in [0.25, 0.3) is 0 Å². The third kappa shape index (κ3) is 2.42. The van der Waals surface area contributed by atoms with E-state index in [1.807, 2.05) is 6.07 Å². The van der Waals surface area contributed by atoms with Crippen molar-refractivity contribution in [1.29, 1.82) is 0 Å². The highest BCUT2D eigenvalue weighted by Crippen LogP contribution is 2.08. The Labute approximate surface area is 92.5 Å². The van der Waals surface area contributed by atoms with Gasteiger partial charge in [0.05, 0.1) is 0 Å². The molecule has 0 bridgehead atoms. The molecule has 0 amide bonds. The summed E-state index contributed by atoms with van der Waals surface area (Å²) in [7, 11) is 0. The van der Waals surface area contributed by atoms with Gasteiger partial charge in [0.1, 0.15) is 11.7 Å². The second kappa shape index (κ2) is 4.53. The van der Waals surface area contributed by atoms with Crippen LogP contribution >= 0.6 is 0 Å². The van der Waals surface area contributed by atoms with Crippen molar-refractivity contribution >= 4 is 11.7 Å². The Balaban J connectivity index is 2.28. The Hall–Kier alpha value is -2.23. The van der Waals surface area contributed by atoms with E-state index in [1.165, 1.54) is 12.1 Å². The number of nitrogens with two attached hydrogens (primary N) is 1. The molecular formula is C12H10FN3. The van der Waals surface area contributed by atoms with Crippen LogP contribution in [0.3, 0.4) is 0 Å². The van der Waals surface area contributed by atoms with Gasteiger partial charge in [0.25, 0.3) is 0 Å². The van der Waals surface area contributed by atoms with Gasteiger partial charge < -0.3 is 5.73 Å². The van der Waals surface area contributed by atoms with Crippen molar-refractivity contribution in [3.63, 3.8) is 0 Å². The van der Waals surface area contributed by atoms with E-state index in [1.54, 1.807) is 30.5 Å². The summed E-state index contributed by atoms with van der Waals surface area (Å²) in [5, 5.41) is 0. The smallest absolute Gasteiger partial charge is 0.154 e. The highest BCUT2D eigenvalue weighted by molar-refractivity contribution is 5.98. The third-order valence-electron chi connectivity index (χ3n) is 2.02. The number of halogens is 1.